The third-order valence-electron chi connectivity index (χ3n) is 5.71. The van der Waals surface area contributed by atoms with Crippen LogP contribution in [0, 0.1) is 11.3 Å². The Morgan fingerprint density at radius 3 is 2.90 bits per heavy atom. The van der Waals surface area contributed by atoms with Gasteiger partial charge in [0, 0.05) is 43.1 Å². The molecule has 2 aliphatic heterocycles. The fourth-order valence-corrected chi connectivity index (χ4v) is 4.56. The van der Waals surface area contributed by atoms with Gasteiger partial charge < -0.3 is 4.90 Å². The highest BCUT2D eigenvalue weighted by Gasteiger charge is 2.40. The summed E-state index contributed by atoms with van der Waals surface area (Å²) in [6.45, 7) is 2.54. The lowest BCUT2D eigenvalue weighted by atomic mass is 10.1. The summed E-state index contributed by atoms with van der Waals surface area (Å²) in [6, 6.07) is 10.4. The first-order chi connectivity index (χ1) is 14.2. The maximum atomic E-state index is 9.33. The Bertz CT molecular complexity index is 1070. The minimum Gasteiger partial charge on any atom is -0.351 e. The highest BCUT2D eigenvalue weighted by atomic mass is 35.5. The summed E-state index contributed by atoms with van der Waals surface area (Å²) in [6.07, 6.45) is 7.33. The number of aromatic nitrogens is 5. The largest absolute Gasteiger partial charge is 0.351 e. The maximum absolute atomic E-state index is 9.33. The van der Waals surface area contributed by atoms with Crippen molar-refractivity contribution < 1.29 is 0 Å². The number of halogens is 1. The van der Waals surface area contributed by atoms with Crippen LogP contribution in [-0.4, -0.2) is 55.5 Å². The molecule has 3 aromatic rings. The summed E-state index contributed by atoms with van der Waals surface area (Å²) in [5, 5.41) is 18.8. The predicted octanol–water partition coefficient (Wildman–Crippen LogP) is 2.61. The molecule has 8 nitrogen and oxygen atoms in total. The molecule has 4 heterocycles. The second kappa shape index (κ2) is 7.43. The average molecular weight is 407 g/mol. The van der Waals surface area contributed by atoms with Crippen LogP contribution in [0.2, 0.25) is 5.02 Å². The minimum atomic E-state index is 0.257. The summed E-state index contributed by atoms with van der Waals surface area (Å²) >= 11 is 6.10. The van der Waals surface area contributed by atoms with Gasteiger partial charge in [-0.15, -0.1) is 5.10 Å². The number of rotatable bonds is 3. The highest BCUT2D eigenvalue weighted by Crippen LogP contribution is 2.38. The van der Waals surface area contributed by atoms with Gasteiger partial charge in [-0.25, -0.2) is 14.6 Å². The lowest BCUT2D eigenvalue weighted by molar-refractivity contribution is 0.173. The van der Waals surface area contributed by atoms with Crippen molar-refractivity contribution in [3.05, 3.63) is 59.3 Å². The molecule has 0 bridgehead atoms. The number of fused-ring (bicyclic) bond motifs is 1. The van der Waals surface area contributed by atoms with Crippen molar-refractivity contribution in [3.63, 3.8) is 0 Å². The molecule has 0 saturated carbocycles. The third-order valence-corrected chi connectivity index (χ3v) is 5.95. The zero-order valence-corrected chi connectivity index (χ0v) is 16.4. The van der Waals surface area contributed by atoms with Crippen molar-refractivity contribution in [2.45, 2.75) is 24.9 Å². The topological polar surface area (TPSA) is 86.8 Å². The summed E-state index contributed by atoms with van der Waals surface area (Å²) in [5.74, 6) is 0.685. The first-order valence-electron chi connectivity index (χ1n) is 9.63. The lowest BCUT2D eigenvalue weighted by Crippen LogP contribution is -2.51. The van der Waals surface area contributed by atoms with Crippen molar-refractivity contribution >= 4 is 17.4 Å². The number of hydrogen-bond acceptors (Lipinski definition) is 7. The molecule has 2 saturated heterocycles. The van der Waals surface area contributed by atoms with Crippen LogP contribution in [0.25, 0.3) is 5.69 Å². The van der Waals surface area contributed by atoms with Gasteiger partial charge in [-0.05, 0) is 31.0 Å². The summed E-state index contributed by atoms with van der Waals surface area (Å²) < 4.78 is 1.78. The third kappa shape index (κ3) is 3.33. The van der Waals surface area contributed by atoms with Crippen LogP contribution in [0.4, 0.5) is 5.82 Å². The number of benzene rings is 1. The fourth-order valence-electron chi connectivity index (χ4n) is 4.38. The van der Waals surface area contributed by atoms with Crippen molar-refractivity contribution in [2.24, 2.45) is 0 Å². The van der Waals surface area contributed by atoms with Crippen LogP contribution in [-0.2, 0) is 0 Å². The molecule has 0 amide bonds. The van der Waals surface area contributed by atoms with Crippen molar-refractivity contribution in [1.82, 2.24) is 29.9 Å². The molecular weight excluding hydrogens is 388 g/mol. The zero-order chi connectivity index (χ0) is 19.8. The van der Waals surface area contributed by atoms with E-state index in [1.165, 1.54) is 0 Å². The fraction of sp³-hybridized carbons (Fsp3) is 0.350. The summed E-state index contributed by atoms with van der Waals surface area (Å²) in [7, 11) is 0. The van der Waals surface area contributed by atoms with Gasteiger partial charge in [-0.2, -0.15) is 5.26 Å². The van der Waals surface area contributed by atoms with Crippen LogP contribution in [0.1, 0.15) is 30.3 Å². The van der Waals surface area contributed by atoms with Gasteiger partial charge in [0.05, 0.1) is 17.9 Å². The van der Waals surface area contributed by atoms with E-state index >= 15 is 0 Å². The van der Waals surface area contributed by atoms with Gasteiger partial charge in [0.25, 0.3) is 0 Å². The molecule has 2 fully saturated rings. The molecule has 29 heavy (non-hydrogen) atoms. The van der Waals surface area contributed by atoms with E-state index in [-0.39, 0.29) is 6.04 Å². The van der Waals surface area contributed by atoms with Gasteiger partial charge >= 0.3 is 0 Å². The van der Waals surface area contributed by atoms with Gasteiger partial charge in [-0.1, -0.05) is 22.9 Å². The van der Waals surface area contributed by atoms with Gasteiger partial charge in [-0.3, -0.25) is 4.90 Å². The summed E-state index contributed by atoms with van der Waals surface area (Å²) in [4.78, 5) is 13.2. The Labute approximate surface area is 173 Å². The van der Waals surface area contributed by atoms with E-state index in [0.717, 1.165) is 43.9 Å². The van der Waals surface area contributed by atoms with Crippen LogP contribution in [0.15, 0.2) is 42.9 Å². The molecular formula is C20H19ClN8. The van der Waals surface area contributed by atoms with E-state index in [0.29, 0.717) is 22.6 Å². The van der Waals surface area contributed by atoms with Crippen molar-refractivity contribution in [1.29, 1.82) is 5.26 Å². The standard InChI is InChI=1S/C20H19ClN8/c21-14-2-1-3-15(10-14)29-13-18(25-26-29)19-5-4-16-12-27(8-9-28(16)19)20-17(11-22)23-6-7-24-20/h1-3,6-7,10,13,16,19H,4-5,8-9,12H2/t16-,19+/m0/s1. The van der Waals surface area contributed by atoms with Crippen LogP contribution < -0.4 is 4.90 Å². The first-order valence-corrected chi connectivity index (χ1v) is 10.0. The van der Waals surface area contributed by atoms with E-state index in [4.69, 9.17) is 11.6 Å². The Kier molecular flexibility index (Phi) is 4.62. The zero-order valence-electron chi connectivity index (χ0n) is 15.7. The number of nitrogens with zero attached hydrogens (tertiary/aromatic N) is 8. The Morgan fingerprint density at radius 1 is 1.14 bits per heavy atom. The minimum absolute atomic E-state index is 0.257. The van der Waals surface area contributed by atoms with E-state index in [2.05, 4.69) is 36.1 Å². The molecule has 2 atom stereocenters. The molecule has 0 spiro atoms. The SMILES string of the molecule is N#Cc1nccnc1N1CCN2[C@@H](CC[C@@H]2c2cn(-c3cccc(Cl)c3)nn2)C1. The van der Waals surface area contributed by atoms with Gasteiger partial charge in [0.2, 0.25) is 0 Å². The second-order valence-corrected chi connectivity index (χ2v) is 7.78. The normalized spacial score (nSPS) is 21.7. The molecule has 9 heteroatoms. The van der Waals surface area contributed by atoms with Gasteiger partial charge in [0.15, 0.2) is 11.5 Å². The maximum Gasteiger partial charge on any atom is 0.183 e. The molecule has 0 N–H and O–H groups in total. The Hall–Kier alpha value is -3.02. The van der Waals surface area contributed by atoms with Crippen LogP contribution in [0.5, 0.6) is 0 Å². The molecule has 2 aliphatic rings. The highest BCUT2D eigenvalue weighted by molar-refractivity contribution is 6.30. The molecule has 2 aromatic heterocycles. The van der Waals surface area contributed by atoms with E-state index in [9.17, 15) is 5.26 Å². The smallest absolute Gasteiger partial charge is 0.183 e. The number of anilines is 1. The Balaban J connectivity index is 1.33. The number of nitriles is 1. The second-order valence-electron chi connectivity index (χ2n) is 7.34. The average Bonchev–Trinajstić information content (AvgIpc) is 3.40. The van der Waals surface area contributed by atoms with Crippen LogP contribution >= 0.6 is 11.6 Å². The van der Waals surface area contributed by atoms with E-state index in [1.54, 1.807) is 17.1 Å². The monoisotopic (exact) mass is 406 g/mol. The quantitative estimate of drug-likeness (QED) is 0.660. The van der Waals surface area contributed by atoms with Crippen molar-refractivity contribution in [2.75, 3.05) is 24.5 Å². The number of piperazine rings is 1. The van der Waals surface area contributed by atoms with E-state index < -0.39 is 0 Å². The molecule has 5 rings (SSSR count). The lowest BCUT2D eigenvalue weighted by Gasteiger charge is -2.40. The molecule has 0 radical (unpaired) electrons. The molecule has 0 unspecified atom stereocenters. The van der Waals surface area contributed by atoms with Crippen molar-refractivity contribution in [3.8, 4) is 11.8 Å². The van der Waals surface area contributed by atoms with Crippen LogP contribution in [0.3, 0.4) is 0 Å². The molecule has 146 valence electrons. The number of hydrogen-bond donors (Lipinski definition) is 0. The summed E-state index contributed by atoms with van der Waals surface area (Å²) in [5.41, 5.74) is 2.28. The first kappa shape index (κ1) is 18.0. The van der Waals surface area contributed by atoms with Gasteiger partial charge in [0.1, 0.15) is 11.8 Å². The Morgan fingerprint density at radius 2 is 2.03 bits per heavy atom. The molecule has 1 aromatic carbocycles. The molecule has 0 aliphatic carbocycles. The van der Waals surface area contributed by atoms with E-state index in [1.807, 2.05) is 30.5 Å². The predicted molar refractivity (Wildman–Crippen MR) is 108 cm³/mol.